The van der Waals surface area contributed by atoms with Gasteiger partial charge in [0, 0.05) is 11.2 Å². The van der Waals surface area contributed by atoms with Crippen LogP contribution in [0.25, 0.3) is 17.0 Å². The summed E-state index contributed by atoms with van der Waals surface area (Å²) < 4.78 is 14.0. The van der Waals surface area contributed by atoms with Gasteiger partial charge in [0.25, 0.3) is 5.95 Å². The molecule has 1 unspecified atom stereocenters. The SMILES string of the molecule is CCOC(=O)c1cnn(-c2nc(OC)c3c(cnn3C(c3ccc(Cl)cc3)C3CC3)n2)c1. The minimum atomic E-state index is -0.449. The third-order valence-electron chi connectivity index (χ3n) is 5.44. The topological polar surface area (TPSA) is 97.0 Å². The van der Waals surface area contributed by atoms with E-state index in [1.165, 1.54) is 17.1 Å². The van der Waals surface area contributed by atoms with Gasteiger partial charge in [0.15, 0.2) is 0 Å². The molecule has 10 heteroatoms. The summed E-state index contributed by atoms with van der Waals surface area (Å²) in [5.74, 6) is 0.686. The number of methoxy groups -OCH3 is 1. The fourth-order valence-electron chi connectivity index (χ4n) is 3.81. The Balaban J connectivity index is 1.57. The van der Waals surface area contributed by atoms with E-state index in [0.717, 1.165) is 18.4 Å². The van der Waals surface area contributed by atoms with E-state index in [4.69, 9.17) is 21.1 Å². The molecule has 32 heavy (non-hydrogen) atoms. The van der Waals surface area contributed by atoms with Crippen molar-refractivity contribution in [3.63, 3.8) is 0 Å². The van der Waals surface area contributed by atoms with Crippen molar-refractivity contribution in [2.45, 2.75) is 25.8 Å². The molecule has 1 aliphatic carbocycles. The predicted octanol–water partition coefficient (Wildman–Crippen LogP) is 3.85. The lowest BCUT2D eigenvalue weighted by Gasteiger charge is -2.19. The lowest BCUT2D eigenvalue weighted by molar-refractivity contribution is 0.0526. The first-order valence-corrected chi connectivity index (χ1v) is 10.7. The van der Waals surface area contributed by atoms with Gasteiger partial charge in [-0.2, -0.15) is 15.2 Å². The zero-order chi connectivity index (χ0) is 22.2. The molecule has 1 atom stereocenters. The van der Waals surface area contributed by atoms with Gasteiger partial charge in [0.05, 0.1) is 37.7 Å². The highest BCUT2D eigenvalue weighted by molar-refractivity contribution is 6.30. The van der Waals surface area contributed by atoms with Gasteiger partial charge in [-0.1, -0.05) is 23.7 Å². The molecule has 0 saturated heterocycles. The lowest BCUT2D eigenvalue weighted by atomic mass is 10.0. The first-order valence-electron chi connectivity index (χ1n) is 10.4. The summed E-state index contributed by atoms with van der Waals surface area (Å²) in [4.78, 5) is 21.1. The number of ether oxygens (including phenoxy) is 2. The molecule has 3 heterocycles. The Bertz CT molecular complexity index is 1280. The van der Waals surface area contributed by atoms with Crippen molar-refractivity contribution in [3.8, 4) is 11.8 Å². The molecule has 0 radical (unpaired) electrons. The quantitative estimate of drug-likeness (QED) is 0.393. The van der Waals surface area contributed by atoms with Crippen molar-refractivity contribution in [2.24, 2.45) is 5.92 Å². The number of esters is 1. The van der Waals surface area contributed by atoms with Crippen LogP contribution in [0.15, 0.2) is 42.9 Å². The number of nitrogens with zero attached hydrogens (tertiary/aromatic N) is 6. The molecule has 0 aliphatic heterocycles. The molecule has 0 N–H and O–H groups in total. The van der Waals surface area contributed by atoms with Gasteiger partial charge in [0.2, 0.25) is 5.88 Å². The van der Waals surface area contributed by atoms with Crippen LogP contribution < -0.4 is 4.74 Å². The van der Waals surface area contributed by atoms with Crippen LogP contribution in [-0.4, -0.2) is 49.2 Å². The van der Waals surface area contributed by atoms with Gasteiger partial charge in [0.1, 0.15) is 11.0 Å². The third-order valence-corrected chi connectivity index (χ3v) is 5.69. The van der Waals surface area contributed by atoms with E-state index < -0.39 is 5.97 Å². The molecule has 0 spiro atoms. The number of benzene rings is 1. The van der Waals surface area contributed by atoms with Crippen molar-refractivity contribution < 1.29 is 14.3 Å². The van der Waals surface area contributed by atoms with Gasteiger partial charge < -0.3 is 9.47 Å². The maximum Gasteiger partial charge on any atom is 0.341 e. The molecule has 1 aliphatic rings. The Kier molecular flexibility index (Phi) is 5.26. The summed E-state index contributed by atoms with van der Waals surface area (Å²) in [6.07, 6.45) is 6.90. The number of halogens is 1. The van der Waals surface area contributed by atoms with E-state index in [1.807, 2.05) is 28.9 Å². The number of rotatable bonds is 7. The van der Waals surface area contributed by atoms with Crippen molar-refractivity contribution in [2.75, 3.05) is 13.7 Å². The third kappa shape index (κ3) is 3.69. The highest BCUT2D eigenvalue weighted by atomic mass is 35.5. The van der Waals surface area contributed by atoms with Gasteiger partial charge in [-0.3, -0.25) is 0 Å². The predicted molar refractivity (Wildman–Crippen MR) is 117 cm³/mol. The second-order valence-corrected chi connectivity index (χ2v) is 8.02. The molecule has 0 bridgehead atoms. The van der Waals surface area contributed by atoms with Crippen LogP contribution in [0, 0.1) is 5.92 Å². The van der Waals surface area contributed by atoms with Crippen LogP contribution in [0.5, 0.6) is 5.88 Å². The molecule has 3 aromatic heterocycles. The molecule has 1 aromatic carbocycles. The Labute approximate surface area is 188 Å². The maximum absolute atomic E-state index is 12.0. The summed E-state index contributed by atoms with van der Waals surface area (Å²) in [6, 6.07) is 7.88. The molecular formula is C22H21ClN6O3. The van der Waals surface area contributed by atoms with E-state index in [0.29, 0.717) is 33.4 Å². The van der Waals surface area contributed by atoms with Gasteiger partial charge in [-0.15, -0.1) is 0 Å². The smallest absolute Gasteiger partial charge is 0.341 e. The summed E-state index contributed by atoms with van der Waals surface area (Å²) in [5.41, 5.74) is 2.78. The van der Waals surface area contributed by atoms with Gasteiger partial charge in [-0.05, 0) is 43.4 Å². The molecule has 164 valence electrons. The van der Waals surface area contributed by atoms with Crippen molar-refractivity contribution >= 4 is 28.6 Å². The van der Waals surface area contributed by atoms with Crippen LogP contribution in [0.1, 0.15) is 41.7 Å². The van der Waals surface area contributed by atoms with Crippen LogP contribution in [0.3, 0.4) is 0 Å². The number of fused-ring (bicyclic) bond motifs is 1. The first kappa shape index (κ1) is 20.4. The van der Waals surface area contributed by atoms with E-state index in [1.54, 1.807) is 20.2 Å². The standard InChI is InChI=1S/C22H21ClN6O3/c1-3-32-21(30)15-10-24-28(12-15)22-26-17-11-25-29(19(17)20(27-22)31-2)18(13-4-5-13)14-6-8-16(23)9-7-14/h6-13,18H,3-5H2,1-2H3. The number of carbonyl (C=O) groups excluding carboxylic acids is 1. The summed E-state index contributed by atoms with van der Waals surface area (Å²) in [7, 11) is 1.56. The van der Waals surface area contributed by atoms with E-state index in [-0.39, 0.29) is 18.6 Å². The average Bonchev–Trinajstić information content (AvgIpc) is 3.34. The molecule has 1 fully saturated rings. The fourth-order valence-corrected chi connectivity index (χ4v) is 3.94. The van der Waals surface area contributed by atoms with Crippen LogP contribution >= 0.6 is 11.6 Å². The van der Waals surface area contributed by atoms with Crippen LogP contribution in [0.2, 0.25) is 5.02 Å². The minimum absolute atomic E-state index is 0.0354. The number of hydrogen-bond donors (Lipinski definition) is 0. The van der Waals surface area contributed by atoms with E-state index in [2.05, 4.69) is 20.2 Å². The molecule has 0 amide bonds. The highest BCUT2D eigenvalue weighted by Gasteiger charge is 2.36. The Morgan fingerprint density at radius 3 is 2.66 bits per heavy atom. The summed E-state index contributed by atoms with van der Waals surface area (Å²) in [5, 5.41) is 9.55. The second-order valence-electron chi connectivity index (χ2n) is 7.58. The molecule has 9 nitrogen and oxygen atoms in total. The minimum Gasteiger partial charge on any atom is -0.479 e. The number of carbonyl (C=O) groups is 1. The molecule has 1 saturated carbocycles. The normalized spacial score (nSPS) is 14.5. The zero-order valence-corrected chi connectivity index (χ0v) is 18.4. The van der Waals surface area contributed by atoms with Crippen molar-refractivity contribution in [1.29, 1.82) is 0 Å². The first-order chi connectivity index (χ1) is 15.6. The Morgan fingerprint density at radius 1 is 1.19 bits per heavy atom. The highest BCUT2D eigenvalue weighted by Crippen LogP contribution is 2.45. The second kappa shape index (κ2) is 8.23. The molecule has 5 rings (SSSR count). The molecular weight excluding hydrogens is 432 g/mol. The largest absolute Gasteiger partial charge is 0.479 e. The Hall–Kier alpha value is -3.46. The van der Waals surface area contributed by atoms with E-state index >= 15 is 0 Å². The summed E-state index contributed by atoms with van der Waals surface area (Å²) >= 11 is 6.09. The van der Waals surface area contributed by atoms with Crippen molar-refractivity contribution in [1.82, 2.24) is 29.5 Å². The Morgan fingerprint density at radius 2 is 1.97 bits per heavy atom. The van der Waals surface area contributed by atoms with Crippen molar-refractivity contribution in [3.05, 3.63) is 59.0 Å². The maximum atomic E-state index is 12.0. The average molecular weight is 453 g/mol. The monoisotopic (exact) mass is 452 g/mol. The van der Waals surface area contributed by atoms with Gasteiger partial charge >= 0.3 is 5.97 Å². The van der Waals surface area contributed by atoms with Crippen LogP contribution in [-0.2, 0) is 4.74 Å². The summed E-state index contributed by atoms with van der Waals surface area (Å²) in [6.45, 7) is 2.04. The number of aromatic nitrogens is 6. The lowest BCUT2D eigenvalue weighted by Crippen LogP contribution is -2.15. The van der Waals surface area contributed by atoms with E-state index in [9.17, 15) is 4.79 Å². The van der Waals surface area contributed by atoms with Gasteiger partial charge in [-0.25, -0.2) is 19.1 Å². The number of hydrogen-bond acceptors (Lipinski definition) is 7. The molecule has 4 aromatic rings. The fraction of sp³-hybridized carbons (Fsp3) is 0.318. The van der Waals surface area contributed by atoms with Crippen LogP contribution in [0.4, 0.5) is 0 Å². The zero-order valence-electron chi connectivity index (χ0n) is 17.6.